The van der Waals surface area contributed by atoms with Gasteiger partial charge in [0.1, 0.15) is 11.2 Å². The molecule has 2 aromatic heterocycles. The summed E-state index contributed by atoms with van der Waals surface area (Å²) in [6.07, 6.45) is 0. The van der Waals surface area contributed by atoms with Crippen LogP contribution in [0.4, 0.5) is 17.1 Å². The number of aromatic nitrogens is 2. The van der Waals surface area contributed by atoms with Crippen LogP contribution in [0.3, 0.4) is 0 Å². The average molecular weight is 666 g/mol. The molecule has 2 heterocycles. The monoisotopic (exact) mass is 665 g/mol. The number of nitrogens with zero attached hydrogens (tertiary/aromatic N) is 3. The summed E-state index contributed by atoms with van der Waals surface area (Å²) >= 11 is 0. The highest BCUT2D eigenvalue weighted by Crippen LogP contribution is 2.43. The number of rotatable bonds is 6. The molecular formula is C48H31N3O. The summed E-state index contributed by atoms with van der Waals surface area (Å²) in [7, 11) is 0. The number of hydrogen-bond donors (Lipinski definition) is 0. The average Bonchev–Trinajstić information content (AvgIpc) is 3.60. The van der Waals surface area contributed by atoms with Gasteiger partial charge in [-0.3, -0.25) is 0 Å². The van der Waals surface area contributed by atoms with Crippen LogP contribution >= 0.6 is 0 Å². The number of hydrogen-bond acceptors (Lipinski definition) is 4. The van der Waals surface area contributed by atoms with Crippen molar-refractivity contribution in [3.63, 3.8) is 0 Å². The lowest BCUT2D eigenvalue weighted by Crippen LogP contribution is -2.09. The second kappa shape index (κ2) is 12.4. The van der Waals surface area contributed by atoms with Crippen LogP contribution in [-0.4, -0.2) is 9.97 Å². The number of benzene rings is 8. The lowest BCUT2D eigenvalue weighted by molar-refractivity contribution is 0.669. The molecular weight excluding hydrogens is 635 g/mol. The van der Waals surface area contributed by atoms with Gasteiger partial charge >= 0.3 is 0 Å². The zero-order chi connectivity index (χ0) is 34.4. The molecule has 0 saturated carbocycles. The van der Waals surface area contributed by atoms with Gasteiger partial charge in [0.25, 0.3) is 0 Å². The van der Waals surface area contributed by atoms with Crippen LogP contribution in [0, 0.1) is 0 Å². The molecule has 0 radical (unpaired) electrons. The fourth-order valence-electron chi connectivity index (χ4n) is 7.33. The molecule has 4 heteroatoms. The van der Waals surface area contributed by atoms with Gasteiger partial charge in [0.15, 0.2) is 0 Å². The first-order valence-corrected chi connectivity index (χ1v) is 17.5. The minimum absolute atomic E-state index is 0.809. The van der Waals surface area contributed by atoms with E-state index in [1.165, 1.54) is 21.9 Å². The van der Waals surface area contributed by atoms with Gasteiger partial charge in [-0.15, -0.1) is 0 Å². The summed E-state index contributed by atoms with van der Waals surface area (Å²) in [6, 6.07) is 65.5. The van der Waals surface area contributed by atoms with Crippen LogP contribution in [-0.2, 0) is 0 Å². The smallest absolute Gasteiger partial charge is 0.137 e. The summed E-state index contributed by atoms with van der Waals surface area (Å²) in [4.78, 5) is 12.6. The standard InChI is InChI=1S/C48H31N3O/c1-3-13-34(14-4-1)47-48(50-43-20-10-9-19-42(43)49-47)41-18-11-21-44-46(41)40-29-28-39(31-45(40)52-44)51(37-16-5-2-6-17-37)38-26-24-33(25-27-38)36-23-22-32-12-7-8-15-35(32)30-36/h1-31H. The molecule has 0 unspecified atom stereocenters. The lowest BCUT2D eigenvalue weighted by atomic mass is 9.98. The van der Waals surface area contributed by atoms with E-state index in [1.54, 1.807) is 0 Å². The van der Waals surface area contributed by atoms with Crippen molar-refractivity contribution in [1.82, 2.24) is 9.97 Å². The SMILES string of the molecule is c1ccc(-c2nc3ccccc3nc2-c2cccc3oc4cc(N(c5ccccc5)c5ccc(-c6ccc7ccccc7c6)cc5)ccc4c23)cc1. The maximum absolute atomic E-state index is 6.65. The molecule has 0 fully saturated rings. The number of para-hydroxylation sites is 3. The van der Waals surface area contributed by atoms with Gasteiger partial charge in [0, 0.05) is 45.0 Å². The zero-order valence-electron chi connectivity index (χ0n) is 28.1. The van der Waals surface area contributed by atoms with E-state index in [1.807, 2.05) is 60.7 Å². The van der Waals surface area contributed by atoms with Crippen molar-refractivity contribution in [2.75, 3.05) is 4.90 Å². The first-order valence-electron chi connectivity index (χ1n) is 17.5. The number of fused-ring (bicyclic) bond motifs is 5. The van der Waals surface area contributed by atoms with Crippen LogP contribution in [0.25, 0.3) is 77.4 Å². The van der Waals surface area contributed by atoms with E-state index in [9.17, 15) is 0 Å². The molecule has 52 heavy (non-hydrogen) atoms. The molecule has 8 aromatic carbocycles. The van der Waals surface area contributed by atoms with Crippen LogP contribution in [0.15, 0.2) is 192 Å². The third-order valence-electron chi connectivity index (χ3n) is 9.83. The van der Waals surface area contributed by atoms with Gasteiger partial charge in [0.2, 0.25) is 0 Å². The third kappa shape index (κ3) is 5.17. The zero-order valence-corrected chi connectivity index (χ0v) is 28.1. The quantitative estimate of drug-likeness (QED) is 0.177. The lowest BCUT2D eigenvalue weighted by Gasteiger charge is -2.25. The Bertz CT molecular complexity index is 2900. The van der Waals surface area contributed by atoms with E-state index in [4.69, 9.17) is 14.4 Å². The predicted octanol–water partition coefficient (Wildman–Crippen LogP) is 13.2. The molecule has 0 amide bonds. The highest BCUT2D eigenvalue weighted by Gasteiger charge is 2.21. The van der Waals surface area contributed by atoms with Crippen molar-refractivity contribution in [2.24, 2.45) is 0 Å². The molecule has 10 rings (SSSR count). The van der Waals surface area contributed by atoms with Gasteiger partial charge in [0.05, 0.1) is 22.4 Å². The van der Waals surface area contributed by atoms with Crippen LogP contribution in [0.5, 0.6) is 0 Å². The predicted molar refractivity (Wildman–Crippen MR) is 215 cm³/mol. The molecule has 4 nitrogen and oxygen atoms in total. The Kier molecular flexibility index (Phi) is 7.10. The number of anilines is 3. The fraction of sp³-hybridized carbons (Fsp3) is 0. The van der Waals surface area contributed by atoms with Crippen LogP contribution in [0.1, 0.15) is 0 Å². The van der Waals surface area contributed by atoms with E-state index >= 15 is 0 Å². The molecule has 10 aromatic rings. The molecule has 0 aliphatic heterocycles. The normalized spacial score (nSPS) is 11.5. The highest BCUT2D eigenvalue weighted by atomic mass is 16.3. The molecule has 0 spiro atoms. The second-order valence-corrected chi connectivity index (χ2v) is 13.0. The minimum Gasteiger partial charge on any atom is -0.456 e. The van der Waals surface area contributed by atoms with Crippen LogP contribution in [0.2, 0.25) is 0 Å². The summed E-state index contributed by atoms with van der Waals surface area (Å²) in [5.74, 6) is 0. The molecule has 0 saturated heterocycles. The van der Waals surface area contributed by atoms with Crippen molar-refractivity contribution >= 4 is 60.8 Å². The summed E-state index contributed by atoms with van der Waals surface area (Å²) in [6.45, 7) is 0. The topological polar surface area (TPSA) is 42.2 Å². The van der Waals surface area contributed by atoms with E-state index in [2.05, 4.69) is 132 Å². The van der Waals surface area contributed by atoms with Gasteiger partial charge in [-0.25, -0.2) is 9.97 Å². The van der Waals surface area contributed by atoms with Crippen molar-refractivity contribution in [2.45, 2.75) is 0 Å². The van der Waals surface area contributed by atoms with Crippen molar-refractivity contribution in [3.05, 3.63) is 188 Å². The Morgan fingerprint density at radius 1 is 0.385 bits per heavy atom. The van der Waals surface area contributed by atoms with E-state index in [0.717, 1.165) is 72.5 Å². The summed E-state index contributed by atoms with van der Waals surface area (Å²) < 4.78 is 6.65. The Balaban J connectivity index is 1.10. The molecule has 0 atom stereocenters. The highest BCUT2D eigenvalue weighted by molar-refractivity contribution is 6.14. The van der Waals surface area contributed by atoms with Gasteiger partial charge in [-0.05, 0) is 82.6 Å². The molecule has 0 bridgehead atoms. The molecule has 0 N–H and O–H groups in total. The minimum atomic E-state index is 0.809. The Morgan fingerprint density at radius 3 is 1.81 bits per heavy atom. The second-order valence-electron chi connectivity index (χ2n) is 13.0. The Hall–Kier alpha value is -7.04. The summed E-state index contributed by atoms with van der Waals surface area (Å²) in [5.41, 5.74) is 12.5. The first kappa shape index (κ1) is 29.8. The van der Waals surface area contributed by atoms with Crippen molar-refractivity contribution in [1.29, 1.82) is 0 Å². The van der Waals surface area contributed by atoms with Crippen molar-refractivity contribution in [3.8, 4) is 33.6 Å². The van der Waals surface area contributed by atoms with Crippen LogP contribution < -0.4 is 4.90 Å². The Labute approximate surface area is 300 Å². The third-order valence-corrected chi connectivity index (χ3v) is 9.83. The molecule has 244 valence electrons. The van der Waals surface area contributed by atoms with Gasteiger partial charge < -0.3 is 9.32 Å². The Morgan fingerprint density at radius 2 is 1.02 bits per heavy atom. The number of furan rings is 1. The van der Waals surface area contributed by atoms with E-state index in [-0.39, 0.29) is 0 Å². The summed E-state index contributed by atoms with van der Waals surface area (Å²) in [5, 5.41) is 4.54. The van der Waals surface area contributed by atoms with Crippen molar-refractivity contribution < 1.29 is 4.42 Å². The fourth-order valence-corrected chi connectivity index (χ4v) is 7.33. The van der Waals surface area contributed by atoms with E-state index < -0.39 is 0 Å². The maximum Gasteiger partial charge on any atom is 0.137 e. The largest absolute Gasteiger partial charge is 0.456 e. The maximum atomic E-state index is 6.65. The molecule has 0 aliphatic rings. The molecule has 0 aliphatic carbocycles. The first-order chi connectivity index (χ1) is 25.8. The van der Waals surface area contributed by atoms with E-state index in [0.29, 0.717) is 0 Å². The van der Waals surface area contributed by atoms with Gasteiger partial charge in [-0.2, -0.15) is 0 Å². The van der Waals surface area contributed by atoms with Gasteiger partial charge in [-0.1, -0.05) is 121 Å².